The van der Waals surface area contributed by atoms with E-state index in [0.717, 1.165) is 48.2 Å². The fraction of sp³-hybridized carbons (Fsp3) is 0.471. The molecule has 122 valence electrons. The Balaban J connectivity index is 2.07. The van der Waals surface area contributed by atoms with Crippen LogP contribution < -0.4 is 10.6 Å². The van der Waals surface area contributed by atoms with E-state index < -0.39 is 0 Å². The number of non-ortho nitro benzene ring substituents is 1. The van der Waals surface area contributed by atoms with Crippen molar-refractivity contribution in [2.24, 2.45) is 11.7 Å². The standard InChI is InChI=1S/C17H22N4O2/c1-11-8-17(20-7-3-4-13(10-20)12(2)18)15-9-14(21(22)23)5-6-16(15)19-11/h5-6,8-9,12-13H,3-4,7,10,18H2,1-2H3. The molecular weight excluding hydrogens is 292 g/mol. The zero-order valence-electron chi connectivity index (χ0n) is 13.5. The molecule has 0 radical (unpaired) electrons. The van der Waals surface area contributed by atoms with Gasteiger partial charge in [-0.25, -0.2) is 0 Å². The van der Waals surface area contributed by atoms with Crippen molar-refractivity contribution in [1.29, 1.82) is 0 Å². The average Bonchev–Trinajstić information content (AvgIpc) is 2.53. The number of hydrogen-bond acceptors (Lipinski definition) is 5. The van der Waals surface area contributed by atoms with Gasteiger partial charge >= 0.3 is 0 Å². The van der Waals surface area contributed by atoms with Gasteiger partial charge < -0.3 is 10.6 Å². The number of nitro benzene ring substituents is 1. The first-order valence-corrected chi connectivity index (χ1v) is 8.02. The smallest absolute Gasteiger partial charge is 0.270 e. The summed E-state index contributed by atoms with van der Waals surface area (Å²) in [6, 6.07) is 7.06. The lowest BCUT2D eigenvalue weighted by molar-refractivity contribution is -0.384. The molecule has 1 fully saturated rings. The molecule has 1 aliphatic heterocycles. The van der Waals surface area contributed by atoms with E-state index in [9.17, 15) is 10.1 Å². The average molecular weight is 314 g/mol. The molecule has 23 heavy (non-hydrogen) atoms. The molecule has 6 heteroatoms. The molecule has 0 bridgehead atoms. The summed E-state index contributed by atoms with van der Waals surface area (Å²) in [6.07, 6.45) is 2.22. The maximum absolute atomic E-state index is 11.1. The summed E-state index contributed by atoms with van der Waals surface area (Å²) in [5.41, 5.74) is 8.94. The Morgan fingerprint density at radius 3 is 2.91 bits per heavy atom. The summed E-state index contributed by atoms with van der Waals surface area (Å²) in [4.78, 5) is 17.6. The molecule has 1 aromatic carbocycles. The number of nitrogens with zero attached hydrogens (tertiary/aromatic N) is 3. The normalized spacial score (nSPS) is 19.8. The van der Waals surface area contributed by atoms with Crippen molar-refractivity contribution >= 4 is 22.3 Å². The van der Waals surface area contributed by atoms with Crippen LogP contribution in [0.2, 0.25) is 0 Å². The van der Waals surface area contributed by atoms with Crippen molar-refractivity contribution in [3.05, 3.63) is 40.1 Å². The molecule has 1 aromatic heterocycles. The fourth-order valence-corrected chi connectivity index (χ4v) is 3.36. The second-order valence-corrected chi connectivity index (χ2v) is 6.45. The second kappa shape index (κ2) is 6.12. The van der Waals surface area contributed by atoms with Crippen LogP contribution in [0.3, 0.4) is 0 Å². The van der Waals surface area contributed by atoms with Crippen molar-refractivity contribution in [1.82, 2.24) is 4.98 Å². The number of fused-ring (bicyclic) bond motifs is 1. The SMILES string of the molecule is Cc1cc(N2CCCC(C(C)N)C2)c2cc([N+](=O)[O-])ccc2n1. The molecular formula is C17H22N4O2. The monoisotopic (exact) mass is 314 g/mol. The van der Waals surface area contributed by atoms with E-state index in [4.69, 9.17) is 5.73 Å². The summed E-state index contributed by atoms with van der Waals surface area (Å²) in [6.45, 7) is 5.84. The van der Waals surface area contributed by atoms with Crippen molar-refractivity contribution in [2.75, 3.05) is 18.0 Å². The molecule has 1 saturated heterocycles. The Hall–Kier alpha value is -2.21. The Kier molecular flexibility index (Phi) is 4.17. The third kappa shape index (κ3) is 3.12. The number of rotatable bonds is 3. The van der Waals surface area contributed by atoms with E-state index in [-0.39, 0.29) is 16.7 Å². The molecule has 0 saturated carbocycles. The third-order valence-electron chi connectivity index (χ3n) is 4.65. The minimum absolute atomic E-state index is 0.102. The molecule has 0 spiro atoms. The van der Waals surface area contributed by atoms with E-state index in [2.05, 4.69) is 16.8 Å². The molecule has 1 aliphatic rings. The molecule has 6 nitrogen and oxygen atoms in total. The van der Waals surface area contributed by atoms with Gasteiger partial charge in [0.15, 0.2) is 0 Å². The van der Waals surface area contributed by atoms with Crippen LogP contribution in [0.1, 0.15) is 25.5 Å². The number of aryl methyl sites for hydroxylation is 1. The quantitative estimate of drug-likeness (QED) is 0.695. The van der Waals surface area contributed by atoms with E-state index in [1.165, 1.54) is 6.07 Å². The van der Waals surface area contributed by atoms with Crippen LogP contribution in [-0.4, -0.2) is 29.0 Å². The molecule has 2 aromatic rings. The number of benzene rings is 1. The third-order valence-corrected chi connectivity index (χ3v) is 4.65. The summed E-state index contributed by atoms with van der Waals surface area (Å²) in [5, 5.41) is 11.9. The van der Waals surface area contributed by atoms with E-state index in [0.29, 0.717) is 5.92 Å². The van der Waals surface area contributed by atoms with E-state index in [1.807, 2.05) is 13.0 Å². The fourth-order valence-electron chi connectivity index (χ4n) is 3.36. The number of piperidine rings is 1. The van der Waals surface area contributed by atoms with Gasteiger partial charge in [-0.05, 0) is 44.7 Å². The molecule has 2 unspecified atom stereocenters. The van der Waals surface area contributed by atoms with Gasteiger partial charge in [-0.3, -0.25) is 15.1 Å². The Morgan fingerprint density at radius 1 is 1.43 bits per heavy atom. The maximum atomic E-state index is 11.1. The van der Waals surface area contributed by atoms with E-state index >= 15 is 0 Å². The lowest BCUT2D eigenvalue weighted by Crippen LogP contribution is -2.42. The van der Waals surface area contributed by atoms with Crippen LogP contribution in [0.5, 0.6) is 0 Å². The Morgan fingerprint density at radius 2 is 2.22 bits per heavy atom. The highest BCUT2D eigenvalue weighted by atomic mass is 16.6. The highest BCUT2D eigenvalue weighted by molar-refractivity contribution is 5.93. The first kappa shape index (κ1) is 15.7. The van der Waals surface area contributed by atoms with Crippen LogP contribution >= 0.6 is 0 Å². The van der Waals surface area contributed by atoms with Gasteiger partial charge in [0, 0.05) is 48.0 Å². The van der Waals surface area contributed by atoms with Crippen LogP contribution in [-0.2, 0) is 0 Å². The van der Waals surface area contributed by atoms with Gasteiger partial charge in [0.2, 0.25) is 0 Å². The molecule has 3 rings (SSSR count). The summed E-state index contributed by atoms with van der Waals surface area (Å²) >= 11 is 0. The van der Waals surface area contributed by atoms with Crippen molar-refractivity contribution in [3.8, 4) is 0 Å². The molecule has 2 N–H and O–H groups in total. The summed E-state index contributed by atoms with van der Waals surface area (Å²) in [5.74, 6) is 0.450. The number of anilines is 1. The zero-order valence-corrected chi connectivity index (χ0v) is 13.5. The largest absolute Gasteiger partial charge is 0.371 e. The predicted octanol–water partition coefficient (Wildman–Crippen LogP) is 3.02. The van der Waals surface area contributed by atoms with Gasteiger partial charge in [0.05, 0.1) is 10.4 Å². The first-order valence-electron chi connectivity index (χ1n) is 8.02. The molecule has 2 atom stereocenters. The number of hydrogen-bond donors (Lipinski definition) is 1. The minimum atomic E-state index is -0.357. The first-order chi connectivity index (χ1) is 11.0. The number of pyridine rings is 1. The van der Waals surface area contributed by atoms with E-state index in [1.54, 1.807) is 12.1 Å². The van der Waals surface area contributed by atoms with Gasteiger partial charge in [0.1, 0.15) is 0 Å². The summed E-state index contributed by atoms with van der Waals surface area (Å²) in [7, 11) is 0. The lowest BCUT2D eigenvalue weighted by atomic mass is 9.91. The van der Waals surface area contributed by atoms with Gasteiger partial charge in [-0.2, -0.15) is 0 Å². The van der Waals surface area contributed by atoms with Crippen LogP contribution in [0, 0.1) is 23.0 Å². The Labute approximate surface area is 135 Å². The van der Waals surface area contributed by atoms with Crippen LogP contribution in [0.25, 0.3) is 10.9 Å². The number of nitrogens with two attached hydrogens (primary N) is 1. The zero-order chi connectivity index (χ0) is 16.6. The lowest BCUT2D eigenvalue weighted by Gasteiger charge is -2.36. The summed E-state index contributed by atoms with van der Waals surface area (Å²) < 4.78 is 0. The Bertz CT molecular complexity index is 745. The minimum Gasteiger partial charge on any atom is -0.371 e. The predicted molar refractivity (Wildman–Crippen MR) is 91.7 cm³/mol. The van der Waals surface area contributed by atoms with Crippen LogP contribution in [0.4, 0.5) is 11.4 Å². The molecule has 2 heterocycles. The maximum Gasteiger partial charge on any atom is 0.270 e. The highest BCUT2D eigenvalue weighted by Gasteiger charge is 2.24. The van der Waals surface area contributed by atoms with Crippen LogP contribution in [0.15, 0.2) is 24.3 Å². The second-order valence-electron chi connectivity index (χ2n) is 6.45. The molecule has 0 amide bonds. The number of aromatic nitrogens is 1. The van der Waals surface area contributed by atoms with Crippen molar-refractivity contribution < 1.29 is 4.92 Å². The number of nitro groups is 1. The van der Waals surface area contributed by atoms with Crippen molar-refractivity contribution in [3.63, 3.8) is 0 Å². The van der Waals surface area contributed by atoms with Gasteiger partial charge in [-0.15, -0.1) is 0 Å². The van der Waals surface area contributed by atoms with Gasteiger partial charge in [0.25, 0.3) is 5.69 Å². The molecule has 0 aliphatic carbocycles. The van der Waals surface area contributed by atoms with Crippen molar-refractivity contribution in [2.45, 2.75) is 32.7 Å². The van der Waals surface area contributed by atoms with Gasteiger partial charge in [-0.1, -0.05) is 0 Å². The highest BCUT2D eigenvalue weighted by Crippen LogP contribution is 2.33. The topological polar surface area (TPSA) is 85.3 Å².